The van der Waals surface area contributed by atoms with E-state index in [1.54, 1.807) is 19.1 Å². The van der Waals surface area contributed by atoms with E-state index in [4.69, 9.17) is 4.74 Å². The molecule has 5 heteroatoms. The van der Waals surface area contributed by atoms with E-state index >= 15 is 0 Å². The molecule has 0 aliphatic carbocycles. The number of nitrogens with one attached hydrogen (secondary N) is 1. The van der Waals surface area contributed by atoms with Gasteiger partial charge in [-0.05, 0) is 31.5 Å². The van der Waals surface area contributed by atoms with Crippen molar-refractivity contribution < 1.29 is 13.2 Å². The minimum Gasteiger partial charge on any atom is -0.495 e. The molecule has 0 aliphatic heterocycles. The Balaban J connectivity index is 3.05. The van der Waals surface area contributed by atoms with Crippen molar-refractivity contribution in [3.8, 4) is 5.75 Å². The molecule has 1 aromatic carbocycles. The molecule has 1 rings (SSSR count). The fraction of sp³-hybridized carbons (Fsp3) is 0.400. The van der Waals surface area contributed by atoms with Gasteiger partial charge in [0.2, 0.25) is 10.0 Å². The summed E-state index contributed by atoms with van der Waals surface area (Å²) in [6.45, 7) is 3.50. The summed E-state index contributed by atoms with van der Waals surface area (Å²) in [5, 5.41) is 0. The second-order valence-corrected chi connectivity index (χ2v) is 5.22. The highest BCUT2D eigenvalue weighted by atomic mass is 32.2. The maximum atomic E-state index is 11.4. The predicted octanol–water partition coefficient (Wildman–Crippen LogP) is 1.77. The molecule has 0 saturated heterocycles. The van der Waals surface area contributed by atoms with Crippen molar-refractivity contribution in [2.75, 3.05) is 17.6 Å². The Bertz CT molecular complexity index is 440. The first-order valence-corrected chi connectivity index (χ1v) is 6.29. The van der Waals surface area contributed by atoms with Crippen molar-refractivity contribution in [1.29, 1.82) is 0 Å². The van der Waals surface area contributed by atoms with Gasteiger partial charge in [-0.1, -0.05) is 6.07 Å². The Morgan fingerprint density at radius 1 is 1.40 bits per heavy atom. The summed E-state index contributed by atoms with van der Waals surface area (Å²) in [4.78, 5) is 0. The van der Waals surface area contributed by atoms with Gasteiger partial charge in [-0.15, -0.1) is 0 Å². The van der Waals surface area contributed by atoms with Gasteiger partial charge in [-0.25, -0.2) is 8.42 Å². The number of sulfonamides is 1. The van der Waals surface area contributed by atoms with Crippen LogP contribution in [0.15, 0.2) is 18.2 Å². The molecular weight excluding hydrogens is 214 g/mol. The second-order valence-electron chi connectivity index (χ2n) is 3.21. The summed E-state index contributed by atoms with van der Waals surface area (Å²) in [5.41, 5.74) is 1.50. The topological polar surface area (TPSA) is 55.4 Å². The van der Waals surface area contributed by atoms with Crippen molar-refractivity contribution in [3.05, 3.63) is 23.8 Å². The molecule has 1 N–H and O–H groups in total. The largest absolute Gasteiger partial charge is 0.495 e. The smallest absolute Gasteiger partial charge is 0.232 e. The SMILES string of the molecule is CCS(=O)(=O)Nc1ccc(C)cc1OC. The van der Waals surface area contributed by atoms with E-state index in [-0.39, 0.29) is 5.75 Å². The highest BCUT2D eigenvalue weighted by molar-refractivity contribution is 7.92. The number of anilines is 1. The average Bonchev–Trinajstić information content (AvgIpc) is 2.20. The van der Waals surface area contributed by atoms with Gasteiger partial charge in [-0.2, -0.15) is 0 Å². The molecule has 0 radical (unpaired) electrons. The van der Waals surface area contributed by atoms with Crippen LogP contribution in [0.5, 0.6) is 5.75 Å². The van der Waals surface area contributed by atoms with Gasteiger partial charge in [0.25, 0.3) is 0 Å². The molecule has 0 saturated carbocycles. The lowest BCUT2D eigenvalue weighted by Gasteiger charge is -2.11. The van der Waals surface area contributed by atoms with Crippen LogP contribution in [0, 0.1) is 6.92 Å². The van der Waals surface area contributed by atoms with E-state index in [0.29, 0.717) is 11.4 Å². The summed E-state index contributed by atoms with van der Waals surface area (Å²) in [6.07, 6.45) is 0. The first kappa shape index (κ1) is 11.8. The van der Waals surface area contributed by atoms with Gasteiger partial charge < -0.3 is 4.74 Å². The second kappa shape index (κ2) is 4.53. The number of methoxy groups -OCH3 is 1. The summed E-state index contributed by atoms with van der Waals surface area (Å²) in [7, 11) is -1.74. The monoisotopic (exact) mass is 229 g/mol. The molecule has 0 atom stereocenters. The molecule has 0 aromatic heterocycles. The molecule has 0 bridgehead atoms. The highest BCUT2D eigenvalue weighted by Crippen LogP contribution is 2.26. The van der Waals surface area contributed by atoms with E-state index in [9.17, 15) is 8.42 Å². The Hall–Kier alpha value is -1.23. The normalized spacial score (nSPS) is 11.1. The Kier molecular flexibility index (Phi) is 3.57. The van der Waals surface area contributed by atoms with Gasteiger partial charge in [0.1, 0.15) is 5.75 Å². The van der Waals surface area contributed by atoms with Crippen LogP contribution in [-0.4, -0.2) is 21.3 Å². The lowest BCUT2D eigenvalue weighted by molar-refractivity contribution is 0.416. The predicted molar refractivity (Wildman–Crippen MR) is 60.8 cm³/mol. The number of ether oxygens (including phenoxy) is 1. The summed E-state index contributed by atoms with van der Waals surface area (Å²) < 4.78 is 30.3. The molecular formula is C10H15NO3S. The molecule has 0 heterocycles. The van der Waals surface area contributed by atoms with E-state index in [0.717, 1.165) is 5.56 Å². The van der Waals surface area contributed by atoms with Crippen LogP contribution in [0.25, 0.3) is 0 Å². The third kappa shape index (κ3) is 3.13. The van der Waals surface area contributed by atoms with Gasteiger partial charge in [-0.3, -0.25) is 4.72 Å². The standard InChI is InChI=1S/C10H15NO3S/c1-4-15(12,13)11-9-6-5-8(2)7-10(9)14-3/h5-7,11H,4H2,1-3H3. The first-order chi connectivity index (χ1) is 6.98. The molecule has 0 spiro atoms. The number of aryl methyl sites for hydroxylation is 1. The van der Waals surface area contributed by atoms with Crippen LogP contribution in [0.4, 0.5) is 5.69 Å². The molecule has 0 unspecified atom stereocenters. The highest BCUT2D eigenvalue weighted by Gasteiger charge is 2.10. The van der Waals surface area contributed by atoms with Gasteiger partial charge >= 0.3 is 0 Å². The third-order valence-electron chi connectivity index (χ3n) is 2.00. The summed E-state index contributed by atoms with van der Waals surface area (Å²) in [5.74, 6) is 0.580. The number of hydrogen-bond acceptors (Lipinski definition) is 3. The lowest BCUT2D eigenvalue weighted by atomic mass is 10.2. The Morgan fingerprint density at radius 3 is 2.60 bits per heavy atom. The molecule has 0 aliphatic rings. The van der Waals surface area contributed by atoms with Gasteiger partial charge in [0.05, 0.1) is 18.6 Å². The molecule has 15 heavy (non-hydrogen) atoms. The lowest BCUT2D eigenvalue weighted by Crippen LogP contribution is -2.15. The van der Waals surface area contributed by atoms with E-state index < -0.39 is 10.0 Å². The number of hydrogen-bond donors (Lipinski definition) is 1. The van der Waals surface area contributed by atoms with Crippen LogP contribution in [0.1, 0.15) is 12.5 Å². The minimum absolute atomic E-state index is 0.0457. The molecule has 84 valence electrons. The average molecular weight is 229 g/mol. The van der Waals surface area contributed by atoms with E-state index in [1.807, 2.05) is 13.0 Å². The van der Waals surface area contributed by atoms with E-state index in [2.05, 4.69) is 4.72 Å². The van der Waals surface area contributed by atoms with Crippen LogP contribution in [0.2, 0.25) is 0 Å². The third-order valence-corrected chi connectivity index (χ3v) is 3.29. The van der Waals surface area contributed by atoms with Crippen LogP contribution >= 0.6 is 0 Å². The van der Waals surface area contributed by atoms with Crippen molar-refractivity contribution >= 4 is 15.7 Å². The van der Waals surface area contributed by atoms with Gasteiger partial charge in [0.15, 0.2) is 0 Å². The molecule has 1 aromatic rings. The fourth-order valence-corrected chi connectivity index (χ4v) is 1.77. The van der Waals surface area contributed by atoms with Crippen molar-refractivity contribution in [3.63, 3.8) is 0 Å². The Labute approximate surface area is 90.3 Å². The van der Waals surface area contributed by atoms with Crippen molar-refractivity contribution in [2.24, 2.45) is 0 Å². The minimum atomic E-state index is -3.25. The summed E-state index contributed by atoms with van der Waals surface area (Å²) in [6, 6.07) is 5.31. The number of benzene rings is 1. The molecule has 0 amide bonds. The van der Waals surface area contributed by atoms with Crippen LogP contribution in [0.3, 0.4) is 0 Å². The zero-order chi connectivity index (χ0) is 11.5. The summed E-state index contributed by atoms with van der Waals surface area (Å²) >= 11 is 0. The zero-order valence-corrected chi connectivity index (χ0v) is 9.89. The quantitative estimate of drug-likeness (QED) is 0.856. The van der Waals surface area contributed by atoms with E-state index in [1.165, 1.54) is 7.11 Å². The Morgan fingerprint density at radius 2 is 2.07 bits per heavy atom. The first-order valence-electron chi connectivity index (χ1n) is 4.63. The molecule has 0 fully saturated rings. The molecule has 4 nitrogen and oxygen atoms in total. The van der Waals surface area contributed by atoms with Crippen LogP contribution < -0.4 is 9.46 Å². The fourth-order valence-electron chi connectivity index (χ4n) is 1.12. The van der Waals surface area contributed by atoms with Gasteiger partial charge in [0, 0.05) is 0 Å². The number of rotatable bonds is 4. The van der Waals surface area contributed by atoms with Crippen molar-refractivity contribution in [2.45, 2.75) is 13.8 Å². The van der Waals surface area contributed by atoms with Crippen molar-refractivity contribution in [1.82, 2.24) is 0 Å². The zero-order valence-electron chi connectivity index (χ0n) is 9.07. The van der Waals surface area contributed by atoms with Crippen LogP contribution in [-0.2, 0) is 10.0 Å². The maximum Gasteiger partial charge on any atom is 0.232 e. The maximum absolute atomic E-state index is 11.4.